The first-order valence-corrected chi connectivity index (χ1v) is 7.00. The summed E-state index contributed by atoms with van der Waals surface area (Å²) in [6.45, 7) is 6.61. The predicted molar refractivity (Wildman–Crippen MR) is 51.4 cm³/mol. The molecule has 0 saturated heterocycles. The van der Waals surface area contributed by atoms with Crippen LogP contribution in [0.15, 0.2) is 4.99 Å². The molecule has 0 aromatic heterocycles. The van der Waals surface area contributed by atoms with Gasteiger partial charge in [-0.05, 0) is 18.4 Å². The molecule has 2 nitrogen and oxygen atoms in total. The van der Waals surface area contributed by atoms with Crippen LogP contribution in [0.5, 0.6) is 0 Å². The SMILES string of the molecule is CN=C([O-])C[CH][Si](C)(C)C.[Li+].[Li]. The smallest absolute Gasteiger partial charge is 0.862 e. The van der Waals surface area contributed by atoms with Gasteiger partial charge in [0.15, 0.2) is 0 Å². The maximum Gasteiger partial charge on any atom is 1.00 e. The van der Waals surface area contributed by atoms with Gasteiger partial charge < -0.3 is 10.1 Å². The van der Waals surface area contributed by atoms with Gasteiger partial charge in [-0.2, -0.15) is 0 Å². The van der Waals surface area contributed by atoms with Gasteiger partial charge in [0.25, 0.3) is 0 Å². The fourth-order valence-electron chi connectivity index (χ4n) is 0.485. The van der Waals surface area contributed by atoms with Crippen LogP contribution in [-0.4, -0.2) is 39.9 Å². The minimum atomic E-state index is -1.14. The second kappa shape index (κ2) is 8.48. The molecule has 12 heavy (non-hydrogen) atoms. The van der Waals surface area contributed by atoms with Gasteiger partial charge in [-0.1, -0.05) is 19.6 Å². The van der Waals surface area contributed by atoms with Gasteiger partial charge >= 0.3 is 18.9 Å². The van der Waals surface area contributed by atoms with E-state index in [1.165, 1.54) is 0 Å². The van der Waals surface area contributed by atoms with E-state index in [0.717, 1.165) is 0 Å². The van der Waals surface area contributed by atoms with Gasteiger partial charge in [-0.3, -0.25) is 0 Å². The molecular formula is C7H15Li2NOSi. The topological polar surface area (TPSA) is 35.4 Å². The summed E-state index contributed by atoms with van der Waals surface area (Å²) in [5.74, 6) is -0.0116. The Morgan fingerprint density at radius 2 is 1.83 bits per heavy atom. The van der Waals surface area contributed by atoms with Crippen LogP contribution in [0.2, 0.25) is 19.6 Å². The molecule has 0 amide bonds. The Kier molecular flexibility index (Phi) is 13.2. The zero-order chi connectivity index (χ0) is 8.20. The van der Waals surface area contributed by atoms with E-state index in [4.69, 9.17) is 0 Å². The van der Waals surface area contributed by atoms with Crippen molar-refractivity contribution in [3.8, 4) is 0 Å². The molecule has 0 aromatic carbocycles. The first-order chi connectivity index (χ1) is 4.45. The fourth-order valence-corrected chi connectivity index (χ4v) is 1.27. The second-order valence-electron chi connectivity index (χ2n) is 3.39. The van der Waals surface area contributed by atoms with Crippen molar-refractivity contribution < 1.29 is 24.0 Å². The van der Waals surface area contributed by atoms with Crippen molar-refractivity contribution >= 4 is 32.8 Å². The maximum absolute atomic E-state index is 10.7. The van der Waals surface area contributed by atoms with Crippen LogP contribution < -0.4 is 24.0 Å². The van der Waals surface area contributed by atoms with E-state index >= 15 is 0 Å². The third-order valence-electron chi connectivity index (χ3n) is 1.14. The Hall–Kier alpha value is 0.882. The largest absolute Gasteiger partial charge is 1.00 e. The number of nitrogens with zero attached hydrogens (tertiary/aromatic N) is 1. The molecule has 2 radical (unpaired) electrons. The quantitative estimate of drug-likeness (QED) is 0.262. The molecule has 0 aliphatic carbocycles. The molecule has 0 aromatic rings. The van der Waals surface area contributed by atoms with Crippen LogP contribution in [0.4, 0.5) is 0 Å². The molecule has 0 rings (SSSR count). The minimum Gasteiger partial charge on any atom is -0.862 e. The molecule has 0 saturated carbocycles. The standard InChI is InChI=1S/C7H16NOSi.2Li/c1-8-7(9)5-6-10(2,3)4;;/h6H,5H2,1-4H3,(H,8,9);;/q;;+1/p-1. The molecule has 60 valence electrons. The molecule has 0 heterocycles. The zero-order valence-corrected chi connectivity index (χ0v) is 10.1. The fraction of sp³-hybridized carbons (Fsp3) is 0.714. The van der Waals surface area contributed by atoms with E-state index in [1.807, 2.05) is 0 Å². The monoisotopic (exact) mass is 171 g/mol. The first-order valence-electron chi connectivity index (χ1n) is 3.43. The molecule has 0 aliphatic heterocycles. The van der Waals surface area contributed by atoms with Crippen LogP contribution in [0.1, 0.15) is 6.42 Å². The normalized spacial score (nSPS) is 11.5. The van der Waals surface area contributed by atoms with Crippen LogP contribution >= 0.6 is 0 Å². The Morgan fingerprint density at radius 3 is 2.08 bits per heavy atom. The molecule has 0 bridgehead atoms. The molecule has 0 spiro atoms. The molecule has 0 N–H and O–H groups in total. The van der Waals surface area contributed by atoms with Crippen molar-refractivity contribution in [1.29, 1.82) is 0 Å². The summed E-state index contributed by atoms with van der Waals surface area (Å²) in [4.78, 5) is 3.54. The first kappa shape index (κ1) is 18.6. The van der Waals surface area contributed by atoms with Crippen LogP contribution in [-0.2, 0) is 0 Å². The summed E-state index contributed by atoms with van der Waals surface area (Å²) in [7, 11) is 0.400. The minimum absolute atomic E-state index is 0. The summed E-state index contributed by atoms with van der Waals surface area (Å²) in [5.41, 5.74) is 0. The van der Waals surface area contributed by atoms with Crippen LogP contribution in [0.3, 0.4) is 0 Å². The molecule has 0 atom stereocenters. The van der Waals surface area contributed by atoms with Crippen molar-refractivity contribution in [1.82, 2.24) is 0 Å². The Bertz CT molecular complexity index is 134. The summed E-state index contributed by atoms with van der Waals surface area (Å²) in [6.07, 6.45) is 0.520. The van der Waals surface area contributed by atoms with Gasteiger partial charge in [0.1, 0.15) is 0 Å². The summed E-state index contributed by atoms with van der Waals surface area (Å²) in [5, 5.41) is 10.7. The van der Waals surface area contributed by atoms with Crippen LogP contribution in [0, 0.1) is 6.04 Å². The second-order valence-corrected chi connectivity index (χ2v) is 8.53. The van der Waals surface area contributed by atoms with E-state index in [1.54, 1.807) is 7.05 Å². The van der Waals surface area contributed by atoms with E-state index in [-0.39, 0.29) is 43.6 Å². The average molecular weight is 171 g/mol. The van der Waals surface area contributed by atoms with Crippen molar-refractivity contribution in [2.45, 2.75) is 26.1 Å². The third kappa shape index (κ3) is 13.5. The zero-order valence-electron chi connectivity index (χ0n) is 9.14. The van der Waals surface area contributed by atoms with E-state index in [0.29, 0.717) is 6.42 Å². The van der Waals surface area contributed by atoms with Gasteiger partial charge in [-0.25, -0.2) is 0 Å². The molecular weight excluding hydrogens is 156 g/mol. The number of hydrogen-bond donors (Lipinski definition) is 0. The number of rotatable bonds is 3. The molecule has 0 aliphatic rings. The Balaban J connectivity index is -0.000000405. The Labute approximate surface area is 101 Å². The van der Waals surface area contributed by atoms with Crippen LogP contribution in [0.25, 0.3) is 0 Å². The molecule has 0 unspecified atom stereocenters. The molecule has 5 heteroatoms. The molecule has 0 fully saturated rings. The van der Waals surface area contributed by atoms with E-state index < -0.39 is 8.07 Å². The maximum atomic E-state index is 10.7. The summed E-state index contributed by atoms with van der Waals surface area (Å²) in [6, 6.07) is 2.11. The van der Waals surface area contributed by atoms with Gasteiger partial charge in [0, 0.05) is 34.0 Å². The van der Waals surface area contributed by atoms with Crippen molar-refractivity contribution in [3.05, 3.63) is 6.04 Å². The van der Waals surface area contributed by atoms with Gasteiger partial charge in [0.05, 0.1) is 0 Å². The number of aliphatic imine (C=N–C) groups is 1. The summed E-state index contributed by atoms with van der Waals surface area (Å²) < 4.78 is 0. The van der Waals surface area contributed by atoms with E-state index in [9.17, 15) is 5.11 Å². The van der Waals surface area contributed by atoms with Gasteiger partial charge in [-0.15, -0.1) is 0 Å². The van der Waals surface area contributed by atoms with Crippen molar-refractivity contribution in [2.75, 3.05) is 7.05 Å². The van der Waals surface area contributed by atoms with Crippen molar-refractivity contribution in [2.24, 2.45) is 4.99 Å². The van der Waals surface area contributed by atoms with E-state index in [2.05, 4.69) is 30.7 Å². The predicted octanol–water partition coefficient (Wildman–Crippen LogP) is -2.53. The average Bonchev–Trinajstić information content (AvgIpc) is 1.81. The third-order valence-corrected chi connectivity index (χ3v) is 2.57. The summed E-state index contributed by atoms with van der Waals surface area (Å²) >= 11 is 0. The Morgan fingerprint density at radius 1 is 1.42 bits per heavy atom. The van der Waals surface area contributed by atoms with Crippen molar-refractivity contribution in [3.63, 3.8) is 0 Å². The number of hydrogen-bond acceptors (Lipinski definition) is 2. The van der Waals surface area contributed by atoms with Gasteiger partial charge in [0.2, 0.25) is 0 Å².